The summed E-state index contributed by atoms with van der Waals surface area (Å²) in [7, 11) is 2.08. The van der Waals surface area contributed by atoms with Crippen molar-refractivity contribution >= 4 is 5.95 Å². The van der Waals surface area contributed by atoms with Gasteiger partial charge in [0, 0.05) is 31.6 Å². The number of anilines is 1. The van der Waals surface area contributed by atoms with E-state index in [0.717, 1.165) is 36.5 Å². The molecule has 2 rings (SSSR count). The Hall–Kier alpha value is -1.20. The molecule has 5 heteroatoms. The minimum absolute atomic E-state index is 0.341. The average molecular weight is 193 g/mol. The first kappa shape index (κ1) is 9.36. The molecule has 1 aliphatic rings. The molecule has 5 nitrogen and oxygen atoms in total. The number of hydrogen-bond acceptors (Lipinski definition) is 5. The third kappa shape index (κ3) is 1.56. The van der Waals surface area contributed by atoms with Crippen LogP contribution in [-0.2, 0) is 19.5 Å². The van der Waals surface area contributed by atoms with E-state index in [1.54, 1.807) is 0 Å². The van der Waals surface area contributed by atoms with Crippen molar-refractivity contribution in [3.63, 3.8) is 0 Å². The molecule has 0 unspecified atom stereocenters. The molecule has 1 aromatic rings. The van der Waals surface area contributed by atoms with Gasteiger partial charge in [0.1, 0.15) is 0 Å². The number of nitrogens with zero attached hydrogens (tertiary/aromatic N) is 3. The second kappa shape index (κ2) is 3.51. The SMILES string of the molecule is CN1CCc2nc(N)nc(CN)c2C1. The van der Waals surface area contributed by atoms with Crippen LogP contribution in [0.4, 0.5) is 5.95 Å². The molecule has 14 heavy (non-hydrogen) atoms. The van der Waals surface area contributed by atoms with Crippen LogP contribution in [0.15, 0.2) is 0 Å². The quantitative estimate of drug-likeness (QED) is 0.628. The summed E-state index contributed by atoms with van der Waals surface area (Å²) < 4.78 is 0. The second-order valence-electron chi connectivity index (χ2n) is 3.65. The van der Waals surface area contributed by atoms with E-state index in [-0.39, 0.29) is 0 Å². The Morgan fingerprint density at radius 1 is 1.43 bits per heavy atom. The van der Waals surface area contributed by atoms with E-state index in [2.05, 4.69) is 21.9 Å². The molecule has 4 N–H and O–H groups in total. The van der Waals surface area contributed by atoms with Crippen molar-refractivity contribution in [3.05, 3.63) is 17.0 Å². The van der Waals surface area contributed by atoms with E-state index in [4.69, 9.17) is 11.5 Å². The zero-order chi connectivity index (χ0) is 10.1. The number of aromatic nitrogens is 2. The summed E-state index contributed by atoms with van der Waals surface area (Å²) in [6.07, 6.45) is 0.936. The fraction of sp³-hybridized carbons (Fsp3) is 0.556. The van der Waals surface area contributed by atoms with Crippen LogP contribution in [-0.4, -0.2) is 28.5 Å². The zero-order valence-electron chi connectivity index (χ0n) is 8.32. The molecule has 0 radical (unpaired) electrons. The highest BCUT2D eigenvalue weighted by Crippen LogP contribution is 2.19. The average Bonchev–Trinajstić information content (AvgIpc) is 2.17. The smallest absolute Gasteiger partial charge is 0.220 e. The van der Waals surface area contributed by atoms with Gasteiger partial charge < -0.3 is 16.4 Å². The summed E-state index contributed by atoms with van der Waals surface area (Å²) in [5, 5.41) is 0. The van der Waals surface area contributed by atoms with Gasteiger partial charge in [0.05, 0.1) is 11.4 Å². The highest BCUT2D eigenvalue weighted by molar-refractivity contribution is 5.33. The lowest BCUT2D eigenvalue weighted by molar-refractivity contribution is 0.307. The van der Waals surface area contributed by atoms with Crippen LogP contribution in [0.2, 0.25) is 0 Å². The number of nitrogen functional groups attached to an aromatic ring is 1. The van der Waals surface area contributed by atoms with Crippen LogP contribution in [0.5, 0.6) is 0 Å². The summed E-state index contributed by atoms with van der Waals surface area (Å²) in [6.45, 7) is 2.33. The summed E-state index contributed by atoms with van der Waals surface area (Å²) in [5.41, 5.74) is 14.3. The van der Waals surface area contributed by atoms with Crippen LogP contribution in [0.3, 0.4) is 0 Å². The zero-order valence-corrected chi connectivity index (χ0v) is 8.32. The van der Waals surface area contributed by atoms with Crippen LogP contribution in [0.1, 0.15) is 17.0 Å². The Balaban J connectivity index is 2.47. The normalized spacial score (nSPS) is 16.7. The van der Waals surface area contributed by atoms with Crippen LogP contribution in [0.25, 0.3) is 0 Å². The van der Waals surface area contributed by atoms with E-state index < -0.39 is 0 Å². The lowest BCUT2D eigenvalue weighted by Crippen LogP contribution is -2.29. The predicted molar refractivity (Wildman–Crippen MR) is 54.4 cm³/mol. The fourth-order valence-electron chi connectivity index (χ4n) is 1.81. The molecular formula is C9H15N5. The molecule has 1 aliphatic heterocycles. The molecule has 0 fully saturated rings. The highest BCUT2D eigenvalue weighted by Gasteiger charge is 2.18. The van der Waals surface area contributed by atoms with E-state index in [0.29, 0.717) is 12.5 Å². The Morgan fingerprint density at radius 2 is 2.21 bits per heavy atom. The van der Waals surface area contributed by atoms with Crippen molar-refractivity contribution in [2.45, 2.75) is 19.5 Å². The van der Waals surface area contributed by atoms with Crippen molar-refractivity contribution in [2.24, 2.45) is 5.73 Å². The van der Waals surface area contributed by atoms with Crippen LogP contribution in [0, 0.1) is 0 Å². The number of likely N-dealkylation sites (N-methyl/N-ethyl adjacent to an activating group) is 1. The van der Waals surface area contributed by atoms with E-state index in [1.165, 1.54) is 0 Å². The molecule has 0 saturated carbocycles. The molecule has 0 aromatic carbocycles. The second-order valence-corrected chi connectivity index (χ2v) is 3.65. The lowest BCUT2D eigenvalue weighted by Gasteiger charge is -2.25. The lowest BCUT2D eigenvalue weighted by atomic mass is 10.0. The van der Waals surface area contributed by atoms with Gasteiger partial charge >= 0.3 is 0 Å². The van der Waals surface area contributed by atoms with Crippen molar-refractivity contribution < 1.29 is 0 Å². The van der Waals surface area contributed by atoms with Gasteiger partial charge in [0.15, 0.2) is 0 Å². The number of nitrogens with two attached hydrogens (primary N) is 2. The summed E-state index contributed by atoms with van der Waals surface area (Å²) in [4.78, 5) is 10.6. The van der Waals surface area contributed by atoms with E-state index >= 15 is 0 Å². The van der Waals surface area contributed by atoms with Crippen molar-refractivity contribution in [1.82, 2.24) is 14.9 Å². The fourth-order valence-corrected chi connectivity index (χ4v) is 1.81. The molecule has 0 atom stereocenters. The van der Waals surface area contributed by atoms with Crippen LogP contribution < -0.4 is 11.5 Å². The molecule has 0 bridgehead atoms. The van der Waals surface area contributed by atoms with Crippen molar-refractivity contribution in [1.29, 1.82) is 0 Å². The first-order valence-corrected chi connectivity index (χ1v) is 4.73. The molecule has 0 spiro atoms. The van der Waals surface area contributed by atoms with Gasteiger partial charge in [-0.2, -0.15) is 0 Å². The maximum absolute atomic E-state index is 5.62. The first-order valence-electron chi connectivity index (χ1n) is 4.73. The van der Waals surface area contributed by atoms with Crippen molar-refractivity contribution in [2.75, 3.05) is 19.3 Å². The molecule has 2 heterocycles. The third-order valence-electron chi connectivity index (χ3n) is 2.55. The van der Waals surface area contributed by atoms with Gasteiger partial charge in [-0.15, -0.1) is 0 Å². The van der Waals surface area contributed by atoms with Gasteiger partial charge in [-0.25, -0.2) is 9.97 Å². The van der Waals surface area contributed by atoms with Gasteiger partial charge in [-0.3, -0.25) is 0 Å². The molecule has 0 saturated heterocycles. The number of hydrogen-bond donors (Lipinski definition) is 2. The Labute approximate surface area is 83.1 Å². The number of fused-ring (bicyclic) bond motifs is 1. The van der Waals surface area contributed by atoms with E-state index in [1.807, 2.05) is 0 Å². The minimum Gasteiger partial charge on any atom is -0.368 e. The summed E-state index contributed by atoms with van der Waals surface area (Å²) in [5.74, 6) is 0.341. The molecule has 76 valence electrons. The van der Waals surface area contributed by atoms with Gasteiger partial charge in [0.2, 0.25) is 5.95 Å². The predicted octanol–water partition coefficient (Wildman–Crippen LogP) is -0.495. The maximum Gasteiger partial charge on any atom is 0.220 e. The standard InChI is InChI=1S/C9H15N5/c1-14-3-2-7-6(5-14)8(4-10)13-9(11)12-7/h2-5,10H2,1H3,(H2,11,12,13). The Kier molecular flexibility index (Phi) is 2.35. The highest BCUT2D eigenvalue weighted by atomic mass is 15.1. The summed E-state index contributed by atoms with van der Waals surface area (Å²) in [6, 6.07) is 0. The number of rotatable bonds is 1. The van der Waals surface area contributed by atoms with Gasteiger partial charge in [-0.1, -0.05) is 0 Å². The van der Waals surface area contributed by atoms with Gasteiger partial charge in [-0.05, 0) is 7.05 Å². The van der Waals surface area contributed by atoms with E-state index in [9.17, 15) is 0 Å². The summed E-state index contributed by atoms with van der Waals surface area (Å²) >= 11 is 0. The largest absolute Gasteiger partial charge is 0.368 e. The minimum atomic E-state index is 0.341. The Bertz CT molecular complexity index is 332. The van der Waals surface area contributed by atoms with Crippen LogP contribution >= 0.6 is 0 Å². The molecule has 1 aromatic heterocycles. The molecular weight excluding hydrogens is 178 g/mol. The topological polar surface area (TPSA) is 81.1 Å². The first-order chi connectivity index (χ1) is 6.70. The third-order valence-corrected chi connectivity index (χ3v) is 2.55. The monoisotopic (exact) mass is 193 g/mol. The van der Waals surface area contributed by atoms with Crippen molar-refractivity contribution in [3.8, 4) is 0 Å². The molecule has 0 aliphatic carbocycles. The van der Waals surface area contributed by atoms with Gasteiger partial charge in [0.25, 0.3) is 0 Å². The molecule has 0 amide bonds. The Morgan fingerprint density at radius 3 is 2.93 bits per heavy atom. The maximum atomic E-state index is 5.62.